The summed E-state index contributed by atoms with van der Waals surface area (Å²) in [5.74, 6) is 0.377. The Morgan fingerprint density at radius 1 is 1.35 bits per heavy atom. The van der Waals surface area contributed by atoms with Gasteiger partial charge in [0, 0.05) is 18.7 Å². The van der Waals surface area contributed by atoms with Crippen molar-refractivity contribution in [2.45, 2.75) is 45.1 Å². The van der Waals surface area contributed by atoms with Crippen LogP contribution in [0.3, 0.4) is 0 Å². The molecule has 1 saturated heterocycles. The molecule has 130 valence electrons. The summed E-state index contributed by atoms with van der Waals surface area (Å²) < 4.78 is 40.8. The van der Waals surface area contributed by atoms with Crippen molar-refractivity contribution in [3.8, 4) is 11.5 Å². The molecule has 23 heavy (non-hydrogen) atoms. The van der Waals surface area contributed by atoms with Gasteiger partial charge >= 0.3 is 6.61 Å². The summed E-state index contributed by atoms with van der Waals surface area (Å²) in [6.45, 7) is 0.231. The highest BCUT2D eigenvalue weighted by Crippen LogP contribution is 2.32. The molecule has 0 spiro atoms. The van der Waals surface area contributed by atoms with Gasteiger partial charge in [-0.05, 0) is 25.8 Å². The van der Waals surface area contributed by atoms with Crippen LogP contribution in [-0.4, -0.2) is 43.7 Å². The summed E-state index contributed by atoms with van der Waals surface area (Å²) in [6.07, 6.45) is 1.64. The van der Waals surface area contributed by atoms with Crippen LogP contribution < -0.4 is 14.8 Å². The van der Waals surface area contributed by atoms with E-state index in [4.69, 9.17) is 14.6 Å². The first-order valence-corrected chi connectivity index (χ1v) is 7.80. The van der Waals surface area contributed by atoms with Gasteiger partial charge in [0.05, 0.1) is 25.4 Å². The molecule has 0 bridgehead atoms. The van der Waals surface area contributed by atoms with Crippen molar-refractivity contribution in [3.63, 3.8) is 0 Å². The van der Waals surface area contributed by atoms with Crippen molar-refractivity contribution in [1.29, 1.82) is 0 Å². The Morgan fingerprint density at radius 2 is 2.13 bits per heavy atom. The molecule has 1 aromatic carbocycles. The van der Waals surface area contributed by atoms with Gasteiger partial charge in [0.25, 0.3) is 0 Å². The van der Waals surface area contributed by atoms with E-state index < -0.39 is 6.61 Å². The van der Waals surface area contributed by atoms with Crippen LogP contribution in [0.2, 0.25) is 0 Å². The maximum atomic E-state index is 12.6. The fraction of sp³-hybridized carbons (Fsp3) is 0.625. The Hall–Kier alpha value is -1.44. The van der Waals surface area contributed by atoms with Gasteiger partial charge in [0.1, 0.15) is 0 Å². The molecule has 1 heterocycles. The van der Waals surface area contributed by atoms with Crippen LogP contribution in [-0.2, 0) is 11.3 Å². The number of rotatable bonds is 9. The Bertz CT molecular complexity index is 487. The van der Waals surface area contributed by atoms with Crippen molar-refractivity contribution < 1.29 is 28.1 Å². The van der Waals surface area contributed by atoms with Gasteiger partial charge in [-0.1, -0.05) is 12.1 Å². The molecule has 0 aliphatic carbocycles. The highest BCUT2D eigenvalue weighted by atomic mass is 19.3. The minimum Gasteiger partial charge on any atom is -0.490 e. The monoisotopic (exact) mass is 331 g/mol. The Labute approximate surface area is 134 Å². The lowest BCUT2D eigenvalue weighted by atomic mass is 10.1. The SMILES string of the molecule is CCOc1cccc(CNC[C@H]2CC[C@@H](CO)O2)c1OC(F)F. The summed E-state index contributed by atoms with van der Waals surface area (Å²) in [5.41, 5.74) is 0.605. The fourth-order valence-electron chi connectivity index (χ4n) is 2.62. The van der Waals surface area contributed by atoms with Crippen LogP contribution in [0, 0.1) is 0 Å². The third kappa shape index (κ3) is 5.30. The number of ether oxygens (including phenoxy) is 3. The summed E-state index contributed by atoms with van der Waals surface area (Å²) in [7, 11) is 0. The highest BCUT2D eigenvalue weighted by Gasteiger charge is 2.24. The van der Waals surface area contributed by atoms with E-state index in [1.165, 1.54) is 0 Å². The second kappa shape index (κ2) is 9.00. The Kier molecular flexibility index (Phi) is 7.01. The van der Waals surface area contributed by atoms with Crippen molar-refractivity contribution in [2.75, 3.05) is 19.8 Å². The second-order valence-corrected chi connectivity index (χ2v) is 5.33. The number of aliphatic hydroxyl groups excluding tert-OH is 1. The van der Waals surface area contributed by atoms with Gasteiger partial charge < -0.3 is 24.6 Å². The smallest absolute Gasteiger partial charge is 0.387 e. The molecule has 0 radical (unpaired) electrons. The molecule has 2 N–H and O–H groups in total. The van der Waals surface area contributed by atoms with Crippen molar-refractivity contribution in [2.24, 2.45) is 0 Å². The van der Waals surface area contributed by atoms with E-state index in [9.17, 15) is 8.78 Å². The first-order chi connectivity index (χ1) is 11.1. The second-order valence-electron chi connectivity index (χ2n) is 5.33. The molecule has 7 heteroatoms. The van der Waals surface area contributed by atoms with Crippen LogP contribution in [0.1, 0.15) is 25.3 Å². The predicted molar refractivity (Wildman–Crippen MR) is 80.9 cm³/mol. The predicted octanol–water partition coefficient (Wildman–Crippen LogP) is 2.32. The summed E-state index contributed by atoms with van der Waals surface area (Å²) in [6, 6.07) is 5.07. The van der Waals surface area contributed by atoms with E-state index in [2.05, 4.69) is 10.1 Å². The number of hydrogen-bond donors (Lipinski definition) is 2. The van der Waals surface area contributed by atoms with Crippen LogP contribution in [0.15, 0.2) is 18.2 Å². The van der Waals surface area contributed by atoms with Crippen LogP contribution in [0.4, 0.5) is 8.78 Å². The number of nitrogens with one attached hydrogen (secondary N) is 1. The normalized spacial score (nSPS) is 20.9. The maximum Gasteiger partial charge on any atom is 0.387 e. The average molecular weight is 331 g/mol. The van der Waals surface area contributed by atoms with E-state index in [0.29, 0.717) is 31.0 Å². The zero-order valence-corrected chi connectivity index (χ0v) is 13.1. The van der Waals surface area contributed by atoms with Gasteiger partial charge in [-0.3, -0.25) is 0 Å². The topological polar surface area (TPSA) is 60.0 Å². The molecular formula is C16H23F2NO4. The summed E-state index contributed by atoms with van der Waals surface area (Å²) in [4.78, 5) is 0. The number of para-hydroxylation sites is 1. The Morgan fingerprint density at radius 3 is 2.78 bits per heavy atom. The van der Waals surface area contributed by atoms with Crippen LogP contribution in [0.5, 0.6) is 11.5 Å². The Balaban J connectivity index is 1.94. The van der Waals surface area contributed by atoms with E-state index in [0.717, 1.165) is 12.8 Å². The van der Waals surface area contributed by atoms with E-state index >= 15 is 0 Å². The van der Waals surface area contributed by atoms with Crippen LogP contribution in [0.25, 0.3) is 0 Å². The molecular weight excluding hydrogens is 308 g/mol. The highest BCUT2D eigenvalue weighted by molar-refractivity contribution is 5.46. The maximum absolute atomic E-state index is 12.6. The molecule has 0 aromatic heterocycles. The number of aliphatic hydroxyl groups is 1. The lowest BCUT2D eigenvalue weighted by Gasteiger charge is -2.17. The molecule has 1 aliphatic heterocycles. The molecule has 1 fully saturated rings. The van der Waals surface area contributed by atoms with Crippen molar-refractivity contribution >= 4 is 0 Å². The minimum atomic E-state index is -2.90. The van der Waals surface area contributed by atoms with Gasteiger partial charge in [-0.2, -0.15) is 8.78 Å². The van der Waals surface area contributed by atoms with Gasteiger partial charge in [-0.25, -0.2) is 0 Å². The third-order valence-electron chi connectivity index (χ3n) is 3.65. The number of hydrogen-bond acceptors (Lipinski definition) is 5. The largest absolute Gasteiger partial charge is 0.490 e. The zero-order chi connectivity index (χ0) is 16.7. The quantitative estimate of drug-likeness (QED) is 0.727. The van der Waals surface area contributed by atoms with Gasteiger partial charge in [-0.15, -0.1) is 0 Å². The standard InChI is InChI=1S/C16H23F2NO4/c1-2-21-14-5-3-4-11(15(14)23-16(17)18)8-19-9-12-6-7-13(10-20)22-12/h3-5,12-13,16,19-20H,2,6-10H2,1H3/t12-,13+/m1/s1. The lowest BCUT2D eigenvalue weighted by Crippen LogP contribution is -2.27. The van der Waals surface area contributed by atoms with E-state index in [1.54, 1.807) is 25.1 Å². The lowest BCUT2D eigenvalue weighted by molar-refractivity contribution is -0.0521. The zero-order valence-electron chi connectivity index (χ0n) is 13.1. The van der Waals surface area contributed by atoms with E-state index in [1.807, 2.05) is 0 Å². The van der Waals surface area contributed by atoms with Crippen molar-refractivity contribution in [1.82, 2.24) is 5.32 Å². The molecule has 1 aromatic rings. The van der Waals surface area contributed by atoms with Crippen molar-refractivity contribution in [3.05, 3.63) is 23.8 Å². The van der Waals surface area contributed by atoms with Crippen LogP contribution >= 0.6 is 0 Å². The molecule has 0 amide bonds. The molecule has 1 aliphatic rings. The molecule has 2 rings (SSSR count). The molecule has 0 saturated carbocycles. The number of alkyl halides is 2. The molecule has 5 nitrogen and oxygen atoms in total. The first-order valence-electron chi connectivity index (χ1n) is 7.80. The minimum absolute atomic E-state index is 0.0271. The first kappa shape index (κ1) is 17.9. The summed E-state index contributed by atoms with van der Waals surface area (Å²) in [5, 5.41) is 12.2. The van der Waals surface area contributed by atoms with Gasteiger partial charge in [0.2, 0.25) is 0 Å². The summed E-state index contributed by atoms with van der Waals surface area (Å²) >= 11 is 0. The fourth-order valence-corrected chi connectivity index (χ4v) is 2.62. The van der Waals surface area contributed by atoms with E-state index in [-0.39, 0.29) is 24.6 Å². The average Bonchev–Trinajstić information content (AvgIpc) is 2.98. The number of benzene rings is 1. The molecule has 0 unspecified atom stereocenters. The number of halogens is 2. The molecule has 2 atom stereocenters. The van der Waals surface area contributed by atoms with Gasteiger partial charge in [0.15, 0.2) is 11.5 Å². The third-order valence-corrected chi connectivity index (χ3v) is 3.65.